The van der Waals surface area contributed by atoms with Crippen LogP contribution in [0.2, 0.25) is 10.0 Å². The van der Waals surface area contributed by atoms with E-state index in [1.165, 1.54) is 0 Å². The topological polar surface area (TPSA) is 115 Å². The molecule has 3 heterocycles. The molecule has 3 aromatic carbocycles. The van der Waals surface area contributed by atoms with Gasteiger partial charge in [0, 0.05) is 36.2 Å². The molecule has 1 aromatic heterocycles. The summed E-state index contributed by atoms with van der Waals surface area (Å²) in [5, 5.41) is 15.0. The SMILES string of the molecule is C.CCOc1cc(C(C)(C)C#N)ccc1C1=N[C@@H](c2ccc(Cl)cc2)[C@@H](c2ccc(Cl)cc2)N1C(=O)N1CCN(C(=O)c2c(C)noc2C)CC1. The van der Waals surface area contributed by atoms with Crippen LogP contribution < -0.4 is 4.74 Å². The van der Waals surface area contributed by atoms with Crippen molar-refractivity contribution < 1.29 is 18.8 Å². The molecule has 3 amide bonds. The first-order valence-electron chi connectivity index (χ1n) is 16.5. The first-order valence-corrected chi connectivity index (χ1v) is 17.3. The summed E-state index contributed by atoms with van der Waals surface area (Å²) in [7, 11) is 0. The van der Waals surface area contributed by atoms with Crippen molar-refractivity contribution in [1.82, 2.24) is 19.9 Å². The molecule has 6 rings (SSSR count). The van der Waals surface area contributed by atoms with Gasteiger partial charge in [-0.1, -0.05) is 66.1 Å². The molecular weight excluding hydrogens is 687 g/mol. The molecule has 0 unspecified atom stereocenters. The molecule has 2 atom stereocenters. The molecule has 1 saturated heterocycles. The number of benzene rings is 3. The third-order valence-corrected chi connectivity index (χ3v) is 9.81. The fourth-order valence-electron chi connectivity index (χ4n) is 6.49. The minimum atomic E-state index is -0.768. The Labute approximate surface area is 309 Å². The Bertz CT molecular complexity index is 1960. The molecule has 0 saturated carbocycles. The van der Waals surface area contributed by atoms with Crippen molar-refractivity contribution in [3.63, 3.8) is 0 Å². The number of carbonyl (C=O) groups is 2. The molecule has 2 aliphatic rings. The van der Waals surface area contributed by atoms with E-state index in [0.29, 0.717) is 77.0 Å². The van der Waals surface area contributed by atoms with Crippen molar-refractivity contribution >= 4 is 41.0 Å². The smallest absolute Gasteiger partial charge is 0.326 e. The minimum absolute atomic E-state index is 0. The number of piperazine rings is 1. The van der Waals surface area contributed by atoms with Crippen LogP contribution in [0.5, 0.6) is 5.75 Å². The van der Waals surface area contributed by atoms with Crippen molar-refractivity contribution in [2.75, 3.05) is 32.8 Å². The van der Waals surface area contributed by atoms with Crippen molar-refractivity contribution in [2.45, 2.75) is 59.5 Å². The summed E-state index contributed by atoms with van der Waals surface area (Å²) >= 11 is 12.6. The number of amides is 3. The highest BCUT2D eigenvalue weighted by Crippen LogP contribution is 2.46. The van der Waals surface area contributed by atoms with E-state index < -0.39 is 17.5 Å². The lowest BCUT2D eigenvalue weighted by Crippen LogP contribution is -2.55. The fraction of sp³-hybridized carbons (Fsp3) is 0.359. The van der Waals surface area contributed by atoms with Gasteiger partial charge in [0.25, 0.3) is 5.91 Å². The molecule has 0 aliphatic carbocycles. The molecule has 0 N–H and O–H groups in total. The Morgan fingerprint density at radius 1 is 0.941 bits per heavy atom. The van der Waals surface area contributed by atoms with E-state index in [-0.39, 0.29) is 19.4 Å². The molecule has 4 aromatic rings. The summed E-state index contributed by atoms with van der Waals surface area (Å²) in [5.74, 6) is 1.26. The van der Waals surface area contributed by atoms with E-state index in [9.17, 15) is 14.9 Å². The Morgan fingerprint density at radius 2 is 1.53 bits per heavy atom. The summed E-state index contributed by atoms with van der Waals surface area (Å²) < 4.78 is 11.4. The van der Waals surface area contributed by atoms with Crippen LogP contribution in [0.4, 0.5) is 4.79 Å². The van der Waals surface area contributed by atoms with Gasteiger partial charge in [0.1, 0.15) is 29.0 Å². The number of urea groups is 1. The average Bonchev–Trinajstić information content (AvgIpc) is 3.67. The van der Waals surface area contributed by atoms with Crippen LogP contribution in [0.1, 0.15) is 84.3 Å². The van der Waals surface area contributed by atoms with Gasteiger partial charge in [-0.2, -0.15) is 5.26 Å². The zero-order chi connectivity index (χ0) is 35.7. The highest BCUT2D eigenvalue weighted by Gasteiger charge is 2.45. The predicted molar refractivity (Wildman–Crippen MR) is 199 cm³/mol. The predicted octanol–water partition coefficient (Wildman–Crippen LogP) is 8.56. The van der Waals surface area contributed by atoms with Crippen LogP contribution >= 0.6 is 23.2 Å². The lowest BCUT2D eigenvalue weighted by molar-refractivity contribution is 0.0644. The number of nitrogens with zero attached hydrogens (tertiary/aromatic N) is 6. The van der Waals surface area contributed by atoms with Gasteiger partial charge in [-0.05, 0) is 87.7 Å². The van der Waals surface area contributed by atoms with Crippen LogP contribution in [0, 0.1) is 25.2 Å². The second-order valence-corrected chi connectivity index (χ2v) is 13.8. The molecular formula is C39H42Cl2N6O4. The van der Waals surface area contributed by atoms with Gasteiger partial charge in [-0.25, -0.2) is 4.79 Å². The lowest BCUT2D eigenvalue weighted by atomic mass is 9.85. The van der Waals surface area contributed by atoms with Crippen LogP contribution in [0.15, 0.2) is 76.2 Å². The van der Waals surface area contributed by atoms with E-state index in [2.05, 4.69) is 11.2 Å². The number of hydrogen-bond acceptors (Lipinski definition) is 7. The van der Waals surface area contributed by atoms with Crippen LogP contribution in [0.25, 0.3) is 0 Å². The standard InChI is InChI=1S/C38H38Cl2N6O4.CH4/c1-6-49-31-21-27(38(4,5)22-41)11-16-30(31)35-42-33(25-7-12-28(39)13-8-25)34(26-9-14-29(40)15-10-26)46(35)37(48)45-19-17-44(18-20-45)36(47)32-23(2)43-50-24(32)3;/h7-16,21,33-34H,6,17-20H2,1-5H3;1H4/t33-,34+;/m0./s1. The van der Waals surface area contributed by atoms with Crippen molar-refractivity contribution in [2.24, 2.45) is 4.99 Å². The number of hydrogen-bond donors (Lipinski definition) is 0. The van der Waals surface area contributed by atoms with E-state index in [0.717, 1.165) is 16.7 Å². The van der Waals surface area contributed by atoms with E-state index >= 15 is 0 Å². The zero-order valence-electron chi connectivity index (χ0n) is 28.6. The number of aryl methyl sites for hydroxylation is 2. The normalized spacial score (nSPS) is 17.5. The monoisotopic (exact) mass is 728 g/mol. The Morgan fingerprint density at radius 3 is 2.08 bits per heavy atom. The highest BCUT2D eigenvalue weighted by molar-refractivity contribution is 6.30. The second kappa shape index (κ2) is 15.2. The Balaban J connectivity index is 0.00000504. The van der Waals surface area contributed by atoms with Crippen LogP contribution in [-0.4, -0.2) is 70.4 Å². The number of aliphatic imine (C=N–C) groups is 1. The third kappa shape index (κ3) is 7.32. The average molecular weight is 730 g/mol. The minimum Gasteiger partial charge on any atom is -0.493 e. The second-order valence-electron chi connectivity index (χ2n) is 13.0. The molecule has 2 aliphatic heterocycles. The van der Waals surface area contributed by atoms with E-state index in [1.54, 1.807) is 40.7 Å². The molecule has 1 fully saturated rings. The van der Waals surface area contributed by atoms with Crippen molar-refractivity contribution in [3.05, 3.63) is 116 Å². The fourth-order valence-corrected chi connectivity index (χ4v) is 6.74. The number of ether oxygens (including phenoxy) is 1. The molecule has 51 heavy (non-hydrogen) atoms. The van der Waals surface area contributed by atoms with Gasteiger partial charge in [0.05, 0.1) is 35.4 Å². The molecule has 10 nitrogen and oxygen atoms in total. The van der Waals surface area contributed by atoms with Gasteiger partial charge < -0.3 is 19.1 Å². The summed E-state index contributed by atoms with van der Waals surface area (Å²) in [6.45, 7) is 10.7. The maximum absolute atomic E-state index is 14.9. The van der Waals surface area contributed by atoms with E-state index in [4.69, 9.17) is 37.5 Å². The highest BCUT2D eigenvalue weighted by atomic mass is 35.5. The van der Waals surface area contributed by atoms with Crippen LogP contribution in [-0.2, 0) is 5.41 Å². The van der Waals surface area contributed by atoms with Gasteiger partial charge in [-0.3, -0.25) is 14.7 Å². The number of aromatic nitrogens is 1. The van der Waals surface area contributed by atoms with Gasteiger partial charge >= 0.3 is 6.03 Å². The quantitative estimate of drug-likeness (QED) is 0.188. The number of nitriles is 1. The molecule has 0 spiro atoms. The first-order chi connectivity index (χ1) is 23.9. The van der Waals surface area contributed by atoms with E-state index in [1.807, 2.05) is 75.4 Å². The molecule has 12 heteroatoms. The summed E-state index contributed by atoms with van der Waals surface area (Å²) in [6.07, 6.45) is 0. The van der Waals surface area contributed by atoms with Crippen molar-refractivity contribution in [3.8, 4) is 11.8 Å². The zero-order valence-corrected chi connectivity index (χ0v) is 30.1. The molecule has 0 radical (unpaired) electrons. The molecule has 0 bridgehead atoms. The van der Waals surface area contributed by atoms with Gasteiger partial charge in [-0.15, -0.1) is 0 Å². The van der Waals surface area contributed by atoms with Crippen molar-refractivity contribution in [1.29, 1.82) is 5.26 Å². The summed E-state index contributed by atoms with van der Waals surface area (Å²) in [5.41, 5.74) is 3.35. The Kier molecular flexibility index (Phi) is 11.1. The maximum atomic E-state index is 14.9. The summed E-state index contributed by atoms with van der Waals surface area (Å²) in [6, 6.07) is 21.6. The van der Waals surface area contributed by atoms with Crippen LogP contribution in [0.3, 0.4) is 0 Å². The number of amidine groups is 1. The first kappa shape index (κ1) is 37.4. The molecule has 266 valence electrons. The number of rotatable bonds is 7. The number of carbonyl (C=O) groups excluding carboxylic acids is 2. The van der Waals surface area contributed by atoms with Gasteiger partial charge in [0.15, 0.2) is 0 Å². The Hall–Kier alpha value is -4.85. The lowest BCUT2D eigenvalue weighted by Gasteiger charge is -2.39. The summed E-state index contributed by atoms with van der Waals surface area (Å²) in [4.78, 5) is 38.9. The van der Waals surface area contributed by atoms with Gasteiger partial charge in [0.2, 0.25) is 0 Å². The number of halogens is 2. The third-order valence-electron chi connectivity index (χ3n) is 9.30. The maximum Gasteiger partial charge on any atom is 0.326 e. The largest absolute Gasteiger partial charge is 0.493 e.